The molecule has 0 amide bonds. The molecule has 0 unspecified atom stereocenters. The quantitative estimate of drug-likeness (QED) is 0.395. The fourth-order valence-electron chi connectivity index (χ4n) is 3.53. The number of methoxy groups -OCH3 is 1. The van der Waals surface area contributed by atoms with Crippen molar-refractivity contribution >= 4 is 0 Å². The lowest BCUT2D eigenvalue weighted by molar-refractivity contribution is 0.290. The maximum Gasteiger partial charge on any atom is 0.123 e. The Morgan fingerprint density at radius 1 is 1.20 bits per heavy atom. The molecule has 0 bridgehead atoms. The van der Waals surface area contributed by atoms with Crippen LogP contribution in [-0.4, -0.2) is 7.11 Å². The van der Waals surface area contributed by atoms with Crippen molar-refractivity contribution in [2.75, 3.05) is 7.11 Å². The smallest absolute Gasteiger partial charge is 0.123 e. The summed E-state index contributed by atoms with van der Waals surface area (Å²) in [6.07, 6.45) is 13.0. The van der Waals surface area contributed by atoms with Gasteiger partial charge in [-0.1, -0.05) is 69.5 Å². The van der Waals surface area contributed by atoms with Gasteiger partial charge >= 0.3 is 0 Å². The van der Waals surface area contributed by atoms with Crippen LogP contribution in [-0.2, 0) is 10.2 Å². The van der Waals surface area contributed by atoms with E-state index in [1.165, 1.54) is 30.9 Å². The maximum atomic E-state index is 13.8. The summed E-state index contributed by atoms with van der Waals surface area (Å²) >= 11 is 0. The van der Waals surface area contributed by atoms with Gasteiger partial charge < -0.3 is 4.74 Å². The summed E-state index contributed by atoms with van der Waals surface area (Å²) < 4.78 is 18.9. The molecule has 0 aliphatic heterocycles. The van der Waals surface area contributed by atoms with Gasteiger partial charge in [0.05, 0.1) is 7.11 Å². The van der Waals surface area contributed by atoms with Crippen molar-refractivity contribution in [1.29, 1.82) is 0 Å². The lowest BCUT2D eigenvalue weighted by atomic mass is 9.66. The lowest BCUT2D eigenvalue weighted by Crippen LogP contribution is -2.29. The fraction of sp³-hybridized carbons (Fsp3) is 0.478. The van der Waals surface area contributed by atoms with Crippen LogP contribution in [0, 0.1) is 5.82 Å². The first-order valence-electron chi connectivity index (χ1n) is 9.42. The highest BCUT2D eigenvalue weighted by Crippen LogP contribution is 2.44. The molecule has 1 aliphatic carbocycles. The topological polar surface area (TPSA) is 9.23 Å². The fourth-order valence-corrected chi connectivity index (χ4v) is 3.53. The molecule has 0 radical (unpaired) electrons. The molecule has 25 heavy (non-hydrogen) atoms. The van der Waals surface area contributed by atoms with Gasteiger partial charge in [0.1, 0.15) is 11.6 Å². The van der Waals surface area contributed by atoms with Crippen molar-refractivity contribution in [3.63, 3.8) is 0 Å². The van der Waals surface area contributed by atoms with Crippen LogP contribution in [0.4, 0.5) is 4.39 Å². The average Bonchev–Trinajstić information content (AvgIpc) is 2.67. The molecule has 1 saturated carbocycles. The van der Waals surface area contributed by atoms with Gasteiger partial charge in [-0.15, -0.1) is 0 Å². The first kappa shape index (κ1) is 21.2. The predicted octanol–water partition coefficient (Wildman–Crippen LogP) is 7.11. The summed E-state index contributed by atoms with van der Waals surface area (Å²) in [4.78, 5) is 0. The molecular weight excluding hydrogens is 311 g/mol. The molecule has 0 aromatic heterocycles. The maximum absolute atomic E-state index is 13.8. The van der Waals surface area contributed by atoms with Crippen LogP contribution in [0.25, 0.3) is 0 Å². The highest BCUT2D eigenvalue weighted by atomic mass is 19.1. The summed E-state index contributed by atoms with van der Waals surface area (Å²) in [5.41, 5.74) is 2.42. The van der Waals surface area contributed by atoms with Gasteiger partial charge in [-0.05, 0) is 55.4 Å². The van der Waals surface area contributed by atoms with Crippen molar-refractivity contribution in [1.82, 2.24) is 0 Å². The minimum atomic E-state index is -0.141. The first-order chi connectivity index (χ1) is 12.1. The van der Waals surface area contributed by atoms with Gasteiger partial charge in [0.2, 0.25) is 0 Å². The number of rotatable bonds is 6. The molecule has 0 atom stereocenters. The molecule has 1 aliphatic rings. The van der Waals surface area contributed by atoms with Crippen LogP contribution in [0.15, 0.2) is 60.4 Å². The molecule has 2 rings (SSSR count). The second kappa shape index (κ2) is 10.9. The van der Waals surface area contributed by atoms with Gasteiger partial charge in [-0.2, -0.15) is 0 Å². The lowest BCUT2D eigenvalue weighted by Gasteiger charge is -2.38. The molecule has 138 valence electrons. The molecule has 1 aromatic carbocycles. The van der Waals surface area contributed by atoms with Crippen LogP contribution in [0.3, 0.4) is 0 Å². The van der Waals surface area contributed by atoms with E-state index in [0.29, 0.717) is 5.76 Å². The van der Waals surface area contributed by atoms with Crippen molar-refractivity contribution in [3.8, 4) is 0 Å². The number of ether oxygens (including phenoxy) is 1. The minimum absolute atomic E-state index is 0.0426. The van der Waals surface area contributed by atoms with Crippen LogP contribution >= 0.6 is 0 Å². The highest BCUT2D eigenvalue weighted by molar-refractivity contribution is 5.33. The number of benzene rings is 1. The summed E-state index contributed by atoms with van der Waals surface area (Å²) in [6, 6.07) is 7.16. The first-order valence-corrected chi connectivity index (χ1v) is 9.42. The third-order valence-electron chi connectivity index (χ3n) is 4.91. The highest BCUT2D eigenvalue weighted by Gasteiger charge is 2.34. The van der Waals surface area contributed by atoms with E-state index in [2.05, 4.69) is 31.7 Å². The van der Waals surface area contributed by atoms with Crippen LogP contribution < -0.4 is 0 Å². The molecule has 1 nitrogen and oxygen atoms in total. The molecule has 0 saturated heterocycles. The Kier molecular flexibility index (Phi) is 9.26. The molecule has 0 N–H and O–H groups in total. The molecule has 1 fully saturated rings. The third kappa shape index (κ3) is 6.19. The van der Waals surface area contributed by atoms with E-state index in [0.717, 1.165) is 24.8 Å². The zero-order valence-corrected chi connectivity index (χ0v) is 16.3. The van der Waals surface area contributed by atoms with Gasteiger partial charge in [-0.25, -0.2) is 4.39 Å². The summed E-state index contributed by atoms with van der Waals surface area (Å²) in [6.45, 7) is 9.88. The van der Waals surface area contributed by atoms with Crippen LogP contribution in [0.2, 0.25) is 0 Å². The van der Waals surface area contributed by atoms with E-state index in [-0.39, 0.29) is 11.2 Å². The van der Waals surface area contributed by atoms with E-state index in [4.69, 9.17) is 4.74 Å². The van der Waals surface area contributed by atoms with Crippen molar-refractivity contribution < 1.29 is 9.13 Å². The van der Waals surface area contributed by atoms with E-state index in [9.17, 15) is 4.39 Å². The molecule has 0 spiro atoms. The average molecular weight is 345 g/mol. The van der Waals surface area contributed by atoms with Gasteiger partial charge in [-0.3, -0.25) is 0 Å². The largest absolute Gasteiger partial charge is 0.497 e. The van der Waals surface area contributed by atoms with Crippen molar-refractivity contribution in [2.45, 2.75) is 64.7 Å². The third-order valence-corrected chi connectivity index (χ3v) is 4.91. The van der Waals surface area contributed by atoms with Crippen molar-refractivity contribution in [3.05, 3.63) is 71.8 Å². The Labute approximate surface area is 153 Å². The summed E-state index contributed by atoms with van der Waals surface area (Å²) in [5, 5.41) is 0. The number of hydrogen-bond donors (Lipinski definition) is 0. The second-order valence-electron chi connectivity index (χ2n) is 6.40. The Morgan fingerprint density at radius 2 is 1.88 bits per heavy atom. The number of halogens is 1. The van der Waals surface area contributed by atoms with E-state index >= 15 is 0 Å². The number of allylic oxidation sites excluding steroid dienone is 4. The Bertz CT molecular complexity index is 592. The zero-order valence-electron chi connectivity index (χ0n) is 16.3. The Balaban J connectivity index is 0.00000151. The van der Waals surface area contributed by atoms with Gasteiger partial charge in [0, 0.05) is 0 Å². The summed E-state index contributed by atoms with van der Waals surface area (Å²) in [5.74, 6) is 0.505. The van der Waals surface area contributed by atoms with Gasteiger partial charge in [0.15, 0.2) is 0 Å². The predicted molar refractivity (Wildman–Crippen MR) is 106 cm³/mol. The Hall–Kier alpha value is -1.83. The zero-order chi connectivity index (χ0) is 18.7. The SMILES string of the molecule is C=C(/C=C\C(=C/C)CC1(c2cccc(F)c2)CCCCC1)OC.CC. The monoisotopic (exact) mass is 344 g/mol. The molecular formula is C23H33FO. The molecule has 2 heteroatoms. The van der Waals surface area contributed by atoms with Crippen molar-refractivity contribution in [2.24, 2.45) is 0 Å². The Morgan fingerprint density at radius 3 is 2.44 bits per heavy atom. The summed E-state index contributed by atoms with van der Waals surface area (Å²) in [7, 11) is 1.62. The number of hydrogen-bond acceptors (Lipinski definition) is 1. The normalized spacial score (nSPS) is 16.9. The van der Waals surface area contributed by atoms with Gasteiger partial charge in [0.25, 0.3) is 0 Å². The standard InChI is InChI=1S/C21H27FO.C2H6/c1-4-18(12-11-17(2)23-3)16-21(13-6-5-7-14-21)19-9-8-10-20(22)15-19;1-2/h4,8-12,15H,2,5-7,13-14,16H2,1,3H3;1-2H3/b12-11-,18-4+;. The second-order valence-corrected chi connectivity index (χ2v) is 6.40. The molecule has 0 heterocycles. The van der Waals surface area contributed by atoms with Crippen LogP contribution in [0.5, 0.6) is 0 Å². The molecule has 1 aromatic rings. The van der Waals surface area contributed by atoms with E-state index < -0.39 is 0 Å². The minimum Gasteiger partial charge on any atom is -0.497 e. The van der Waals surface area contributed by atoms with E-state index in [1.807, 2.05) is 26.0 Å². The van der Waals surface area contributed by atoms with E-state index in [1.54, 1.807) is 13.2 Å². The van der Waals surface area contributed by atoms with Crippen LogP contribution in [0.1, 0.15) is 64.9 Å².